The maximum absolute atomic E-state index is 12.3. The molecule has 1 heterocycles. The largest absolute Gasteiger partial charge is 0.484 e. The molecule has 0 atom stereocenters. The van der Waals surface area contributed by atoms with E-state index in [1.807, 2.05) is 30.3 Å². The highest BCUT2D eigenvalue weighted by molar-refractivity contribution is 6.33. The molecule has 0 bridgehead atoms. The number of carbonyl (C=O) groups is 1. The Morgan fingerprint density at radius 3 is 2.38 bits per heavy atom. The molecule has 0 aliphatic carbocycles. The lowest BCUT2D eigenvalue weighted by molar-refractivity contribution is 0.0921. The monoisotopic (exact) mass is 424 g/mol. The fraction of sp³-hybridized carbons (Fsp3) is 0.0435. The van der Waals surface area contributed by atoms with Gasteiger partial charge in [-0.3, -0.25) is 4.79 Å². The van der Waals surface area contributed by atoms with Crippen LogP contribution in [0.25, 0.3) is 22.1 Å². The van der Waals surface area contributed by atoms with Crippen LogP contribution in [0.1, 0.15) is 10.4 Å². The third-order valence-electron chi connectivity index (χ3n) is 4.41. The van der Waals surface area contributed by atoms with Gasteiger partial charge < -0.3 is 9.15 Å². The minimum absolute atomic E-state index is 0.213. The number of benzene rings is 3. The van der Waals surface area contributed by atoms with E-state index in [4.69, 9.17) is 32.4 Å². The standard InChI is InChI=1S/C23H14Cl2O4/c24-16-8-6-15(7-9-16)20(26)13-28-22-12-21-18(10-19(22)25)17(11-23(27)29-21)14-4-2-1-3-5-14/h1-12H,13H2. The second-order valence-electron chi connectivity index (χ2n) is 6.34. The number of hydrogen-bond acceptors (Lipinski definition) is 4. The van der Waals surface area contributed by atoms with Crippen LogP contribution in [0.3, 0.4) is 0 Å². The summed E-state index contributed by atoms with van der Waals surface area (Å²) in [5.74, 6) is 0.0344. The molecule has 4 rings (SSSR count). The Hall–Kier alpha value is -3.08. The number of rotatable bonds is 5. The number of ketones is 1. The molecule has 0 fully saturated rings. The Labute approximate surface area is 176 Å². The molecule has 144 valence electrons. The summed E-state index contributed by atoms with van der Waals surface area (Å²) in [5.41, 5.74) is 1.90. The van der Waals surface area contributed by atoms with E-state index in [9.17, 15) is 9.59 Å². The van der Waals surface area contributed by atoms with Gasteiger partial charge in [-0.15, -0.1) is 0 Å². The Morgan fingerprint density at radius 2 is 1.66 bits per heavy atom. The highest BCUT2D eigenvalue weighted by Crippen LogP contribution is 2.34. The van der Waals surface area contributed by atoms with E-state index < -0.39 is 5.63 Å². The van der Waals surface area contributed by atoms with Crippen LogP contribution in [0.2, 0.25) is 10.0 Å². The molecule has 0 saturated heterocycles. The molecule has 3 aromatic carbocycles. The lowest BCUT2D eigenvalue weighted by atomic mass is 10.0. The lowest BCUT2D eigenvalue weighted by Gasteiger charge is -2.11. The van der Waals surface area contributed by atoms with Crippen LogP contribution in [-0.2, 0) is 0 Å². The molecule has 0 spiro atoms. The van der Waals surface area contributed by atoms with Gasteiger partial charge in [0.05, 0.1) is 5.02 Å². The van der Waals surface area contributed by atoms with E-state index in [2.05, 4.69) is 0 Å². The predicted molar refractivity (Wildman–Crippen MR) is 114 cm³/mol. The van der Waals surface area contributed by atoms with Crippen molar-refractivity contribution in [2.24, 2.45) is 0 Å². The molecule has 0 amide bonds. The van der Waals surface area contributed by atoms with E-state index in [1.54, 1.807) is 30.3 Å². The molecule has 4 nitrogen and oxygen atoms in total. The molecule has 4 aromatic rings. The fourth-order valence-corrected chi connectivity index (χ4v) is 3.34. The van der Waals surface area contributed by atoms with Crippen LogP contribution in [0.4, 0.5) is 0 Å². The third kappa shape index (κ3) is 4.19. The van der Waals surface area contributed by atoms with Gasteiger partial charge in [0.1, 0.15) is 11.3 Å². The number of halogens is 2. The van der Waals surface area contributed by atoms with E-state index in [0.29, 0.717) is 32.1 Å². The lowest BCUT2D eigenvalue weighted by Crippen LogP contribution is -2.11. The Balaban J connectivity index is 1.66. The molecule has 0 radical (unpaired) electrons. The second kappa shape index (κ2) is 8.11. The molecule has 0 N–H and O–H groups in total. The molecular formula is C23H14Cl2O4. The molecule has 0 aliphatic heterocycles. The Morgan fingerprint density at radius 1 is 0.931 bits per heavy atom. The van der Waals surface area contributed by atoms with E-state index in [0.717, 1.165) is 5.56 Å². The molecule has 0 saturated carbocycles. The number of ether oxygens (including phenoxy) is 1. The van der Waals surface area contributed by atoms with Crippen LogP contribution >= 0.6 is 23.2 Å². The first-order valence-electron chi connectivity index (χ1n) is 8.75. The van der Waals surface area contributed by atoms with Crippen molar-refractivity contribution < 1.29 is 13.9 Å². The van der Waals surface area contributed by atoms with E-state index >= 15 is 0 Å². The van der Waals surface area contributed by atoms with Crippen LogP contribution in [0.15, 0.2) is 82.0 Å². The Kier molecular flexibility index (Phi) is 5.38. The normalized spacial score (nSPS) is 10.8. The summed E-state index contributed by atoms with van der Waals surface area (Å²) in [7, 11) is 0. The first-order chi connectivity index (χ1) is 14.0. The van der Waals surface area contributed by atoms with Crippen molar-refractivity contribution in [1.29, 1.82) is 0 Å². The zero-order chi connectivity index (χ0) is 20.4. The van der Waals surface area contributed by atoms with E-state index in [-0.39, 0.29) is 18.1 Å². The van der Waals surface area contributed by atoms with Crippen molar-refractivity contribution >= 4 is 40.0 Å². The minimum Gasteiger partial charge on any atom is -0.484 e. The summed E-state index contributed by atoms with van der Waals surface area (Å²) in [4.78, 5) is 24.4. The Bertz CT molecular complexity index is 1250. The summed E-state index contributed by atoms with van der Waals surface area (Å²) in [5, 5.41) is 1.54. The summed E-state index contributed by atoms with van der Waals surface area (Å²) < 4.78 is 10.9. The third-order valence-corrected chi connectivity index (χ3v) is 4.95. The van der Waals surface area contributed by atoms with Crippen LogP contribution in [0, 0.1) is 0 Å². The molecule has 1 aromatic heterocycles. The van der Waals surface area contributed by atoms with Crippen LogP contribution in [-0.4, -0.2) is 12.4 Å². The quantitative estimate of drug-likeness (QED) is 0.290. The summed E-state index contributed by atoms with van der Waals surface area (Å²) in [6.45, 7) is -0.213. The van der Waals surface area contributed by atoms with Crippen molar-refractivity contribution in [3.63, 3.8) is 0 Å². The van der Waals surface area contributed by atoms with Crippen molar-refractivity contribution in [3.8, 4) is 16.9 Å². The first-order valence-corrected chi connectivity index (χ1v) is 9.51. The van der Waals surface area contributed by atoms with Crippen molar-refractivity contribution in [2.45, 2.75) is 0 Å². The first kappa shape index (κ1) is 19.2. The van der Waals surface area contributed by atoms with Gasteiger partial charge in [-0.1, -0.05) is 53.5 Å². The average molecular weight is 425 g/mol. The fourth-order valence-electron chi connectivity index (χ4n) is 2.99. The smallest absolute Gasteiger partial charge is 0.336 e. The van der Waals surface area contributed by atoms with Crippen LogP contribution < -0.4 is 10.4 Å². The molecule has 6 heteroatoms. The molecule has 0 unspecified atom stereocenters. The van der Waals surface area contributed by atoms with Crippen molar-refractivity contribution in [2.75, 3.05) is 6.61 Å². The summed E-state index contributed by atoms with van der Waals surface area (Å²) in [6.07, 6.45) is 0. The molecule has 29 heavy (non-hydrogen) atoms. The number of carbonyl (C=O) groups excluding carboxylic acids is 1. The average Bonchev–Trinajstić information content (AvgIpc) is 2.73. The summed E-state index contributed by atoms with van der Waals surface area (Å²) in [6, 6.07) is 20.6. The van der Waals surface area contributed by atoms with Gasteiger partial charge in [0.25, 0.3) is 0 Å². The second-order valence-corrected chi connectivity index (χ2v) is 7.19. The van der Waals surface area contributed by atoms with Gasteiger partial charge in [-0.25, -0.2) is 4.79 Å². The highest BCUT2D eigenvalue weighted by atomic mass is 35.5. The maximum Gasteiger partial charge on any atom is 0.336 e. The van der Waals surface area contributed by atoms with E-state index in [1.165, 1.54) is 12.1 Å². The number of hydrogen-bond donors (Lipinski definition) is 0. The summed E-state index contributed by atoms with van der Waals surface area (Å²) >= 11 is 12.2. The van der Waals surface area contributed by atoms with Gasteiger partial charge in [-0.2, -0.15) is 0 Å². The zero-order valence-electron chi connectivity index (χ0n) is 15.0. The number of fused-ring (bicyclic) bond motifs is 1. The molecular weight excluding hydrogens is 411 g/mol. The highest BCUT2D eigenvalue weighted by Gasteiger charge is 2.14. The molecule has 0 aliphatic rings. The SMILES string of the molecule is O=C(COc1cc2oc(=O)cc(-c3ccccc3)c2cc1Cl)c1ccc(Cl)cc1. The van der Waals surface area contributed by atoms with Gasteiger partial charge in [0.2, 0.25) is 0 Å². The topological polar surface area (TPSA) is 56.5 Å². The predicted octanol–water partition coefficient (Wildman–Crippen LogP) is 6.03. The van der Waals surface area contributed by atoms with Gasteiger partial charge in [0, 0.05) is 28.1 Å². The van der Waals surface area contributed by atoms with Gasteiger partial charge in [-0.05, 0) is 41.5 Å². The minimum atomic E-state index is -0.484. The van der Waals surface area contributed by atoms with Crippen molar-refractivity contribution in [3.05, 3.63) is 98.8 Å². The van der Waals surface area contributed by atoms with Crippen molar-refractivity contribution in [1.82, 2.24) is 0 Å². The van der Waals surface area contributed by atoms with Crippen LogP contribution in [0.5, 0.6) is 5.75 Å². The van der Waals surface area contributed by atoms with Gasteiger partial charge in [0.15, 0.2) is 12.4 Å². The zero-order valence-corrected chi connectivity index (χ0v) is 16.5. The van der Waals surface area contributed by atoms with Gasteiger partial charge >= 0.3 is 5.63 Å². The number of Topliss-reactive ketones (excluding diaryl/α,β-unsaturated/α-hetero) is 1. The maximum atomic E-state index is 12.3.